The van der Waals surface area contributed by atoms with Crippen molar-refractivity contribution in [2.75, 3.05) is 18.0 Å². The van der Waals surface area contributed by atoms with E-state index in [2.05, 4.69) is 32.9 Å². The summed E-state index contributed by atoms with van der Waals surface area (Å²) < 4.78 is 1.01. The van der Waals surface area contributed by atoms with Gasteiger partial charge in [-0.25, -0.2) is 0 Å². The summed E-state index contributed by atoms with van der Waals surface area (Å²) in [5.41, 5.74) is 7.56. The minimum absolute atomic E-state index is 0.164. The standard InChI is InChI=1S/C13H18BrN3O/c1-2-9-5-6-17(8-9)12-7-10(14)3-4-11(12)13(15)16-18/h3-4,7,9,18H,2,5-6,8H2,1H3,(H2,15,16). The fourth-order valence-electron chi connectivity index (χ4n) is 2.42. The van der Waals surface area contributed by atoms with Crippen molar-refractivity contribution in [3.05, 3.63) is 28.2 Å². The third-order valence-corrected chi connectivity index (χ3v) is 4.04. The zero-order valence-corrected chi connectivity index (χ0v) is 12.0. The molecule has 98 valence electrons. The lowest BCUT2D eigenvalue weighted by molar-refractivity contribution is 0.318. The third-order valence-electron chi connectivity index (χ3n) is 3.55. The molecule has 1 aliphatic rings. The number of nitrogens with zero attached hydrogens (tertiary/aromatic N) is 2. The molecule has 1 fully saturated rings. The Morgan fingerprint density at radius 1 is 1.61 bits per heavy atom. The van der Waals surface area contributed by atoms with Crippen molar-refractivity contribution in [3.63, 3.8) is 0 Å². The number of amidine groups is 1. The highest BCUT2D eigenvalue weighted by atomic mass is 79.9. The molecular weight excluding hydrogens is 294 g/mol. The predicted molar refractivity (Wildman–Crippen MR) is 77.3 cm³/mol. The molecule has 1 aromatic rings. The van der Waals surface area contributed by atoms with E-state index in [1.54, 1.807) is 0 Å². The smallest absolute Gasteiger partial charge is 0.172 e. The molecule has 0 spiro atoms. The monoisotopic (exact) mass is 311 g/mol. The van der Waals surface area contributed by atoms with Crippen LogP contribution in [0.15, 0.2) is 27.8 Å². The summed E-state index contributed by atoms with van der Waals surface area (Å²) in [7, 11) is 0. The number of halogens is 1. The number of oxime groups is 1. The van der Waals surface area contributed by atoms with Gasteiger partial charge in [-0.2, -0.15) is 0 Å². The van der Waals surface area contributed by atoms with E-state index in [0.29, 0.717) is 0 Å². The van der Waals surface area contributed by atoms with Crippen LogP contribution in [0.3, 0.4) is 0 Å². The van der Waals surface area contributed by atoms with E-state index in [1.165, 1.54) is 12.8 Å². The molecule has 1 unspecified atom stereocenters. The predicted octanol–water partition coefficient (Wildman–Crippen LogP) is 2.78. The van der Waals surface area contributed by atoms with Gasteiger partial charge in [0.25, 0.3) is 0 Å². The lowest BCUT2D eigenvalue weighted by atomic mass is 10.1. The zero-order valence-electron chi connectivity index (χ0n) is 10.4. The largest absolute Gasteiger partial charge is 0.409 e. The van der Waals surface area contributed by atoms with Crippen LogP contribution in [0.2, 0.25) is 0 Å². The second kappa shape index (κ2) is 5.61. The molecule has 1 saturated heterocycles. The molecule has 1 aromatic carbocycles. The Kier molecular flexibility index (Phi) is 4.11. The summed E-state index contributed by atoms with van der Waals surface area (Å²) in [6, 6.07) is 5.82. The van der Waals surface area contributed by atoms with E-state index in [4.69, 9.17) is 10.9 Å². The van der Waals surface area contributed by atoms with E-state index >= 15 is 0 Å². The van der Waals surface area contributed by atoms with Crippen molar-refractivity contribution in [3.8, 4) is 0 Å². The molecule has 4 nitrogen and oxygen atoms in total. The van der Waals surface area contributed by atoms with Crippen LogP contribution >= 0.6 is 15.9 Å². The molecule has 18 heavy (non-hydrogen) atoms. The quantitative estimate of drug-likeness (QED) is 0.390. The van der Waals surface area contributed by atoms with Crippen molar-refractivity contribution >= 4 is 27.5 Å². The average Bonchev–Trinajstić information content (AvgIpc) is 2.86. The first kappa shape index (κ1) is 13.2. The van der Waals surface area contributed by atoms with Crippen molar-refractivity contribution < 1.29 is 5.21 Å². The van der Waals surface area contributed by atoms with Gasteiger partial charge in [0.05, 0.1) is 0 Å². The lowest BCUT2D eigenvalue weighted by Crippen LogP contribution is -2.24. The molecule has 0 bridgehead atoms. The first-order valence-corrected chi connectivity index (χ1v) is 6.97. The topological polar surface area (TPSA) is 61.8 Å². The fraction of sp³-hybridized carbons (Fsp3) is 0.462. The van der Waals surface area contributed by atoms with Crippen LogP contribution in [0.5, 0.6) is 0 Å². The molecule has 1 aliphatic heterocycles. The molecule has 1 atom stereocenters. The molecule has 0 aromatic heterocycles. The first-order chi connectivity index (χ1) is 8.65. The van der Waals surface area contributed by atoms with E-state index in [-0.39, 0.29) is 5.84 Å². The minimum Gasteiger partial charge on any atom is -0.409 e. The number of hydrogen-bond acceptors (Lipinski definition) is 3. The number of benzene rings is 1. The molecule has 1 heterocycles. The average molecular weight is 312 g/mol. The lowest BCUT2D eigenvalue weighted by Gasteiger charge is -2.22. The summed E-state index contributed by atoms with van der Waals surface area (Å²) in [5.74, 6) is 0.904. The van der Waals surface area contributed by atoms with Gasteiger partial charge in [0, 0.05) is 28.8 Å². The van der Waals surface area contributed by atoms with E-state index < -0.39 is 0 Å². The van der Waals surface area contributed by atoms with Gasteiger partial charge in [-0.05, 0) is 30.5 Å². The molecule has 3 N–H and O–H groups in total. The second-order valence-electron chi connectivity index (χ2n) is 4.66. The van der Waals surface area contributed by atoms with Gasteiger partial charge < -0.3 is 15.8 Å². The molecular formula is C13H18BrN3O. The first-order valence-electron chi connectivity index (χ1n) is 6.18. The Morgan fingerprint density at radius 3 is 3.00 bits per heavy atom. The SMILES string of the molecule is CCC1CCN(c2cc(Br)ccc2/C(N)=N/O)C1. The normalized spacial score (nSPS) is 20.4. The van der Waals surface area contributed by atoms with Gasteiger partial charge in [-0.15, -0.1) is 0 Å². The number of nitrogens with two attached hydrogens (primary N) is 1. The highest BCUT2D eigenvalue weighted by molar-refractivity contribution is 9.10. The van der Waals surface area contributed by atoms with Gasteiger partial charge in [0.2, 0.25) is 0 Å². The summed E-state index contributed by atoms with van der Waals surface area (Å²) in [6.07, 6.45) is 2.40. The van der Waals surface area contributed by atoms with Gasteiger partial charge in [0.1, 0.15) is 0 Å². The maximum absolute atomic E-state index is 8.86. The maximum atomic E-state index is 8.86. The summed E-state index contributed by atoms with van der Waals surface area (Å²) in [4.78, 5) is 2.31. The van der Waals surface area contributed by atoms with Gasteiger partial charge in [-0.3, -0.25) is 0 Å². The van der Waals surface area contributed by atoms with E-state index in [9.17, 15) is 0 Å². The van der Waals surface area contributed by atoms with Crippen molar-refractivity contribution in [1.82, 2.24) is 0 Å². The fourth-order valence-corrected chi connectivity index (χ4v) is 2.77. The van der Waals surface area contributed by atoms with Crippen LogP contribution in [0.4, 0.5) is 5.69 Å². The molecule has 2 rings (SSSR count). The van der Waals surface area contributed by atoms with E-state index in [1.807, 2.05) is 18.2 Å². The zero-order chi connectivity index (χ0) is 13.1. The van der Waals surface area contributed by atoms with Crippen molar-refractivity contribution in [1.29, 1.82) is 0 Å². The number of rotatable bonds is 3. The number of hydrogen-bond donors (Lipinski definition) is 2. The highest BCUT2D eigenvalue weighted by Gasteiger charge is 2.23. The van der Waals surface area contributed by atoms with Crippen LogP contribution in [-0.4, -0.2) is 24.1 Å². The second-order valence-corrected chi connectivity index (χ2v) is 5.57. The van der Waals surface area contributed by atoms with Crippen LogP contribution < -0.4 is 10.6 Å². The molecule has 0 aliphatic carbocycles. The Labute approximate surface area is 116 Å². The molecule has 0 amide bonds. The molecule has 5 heteroatoms. The van der Waals surface area contributed by atoms with Crippen LogP contribution in [0, 0.1) is 5.92 Å². The van der Waals surface area contributed by atoms with Gasteiger partial charge in [-0.1, -0.05) is 34.4 Å². The van der Waals surface area contributed by atoms with Crippen molar-refractivity contribution in [2.24, 2.45) is 16.8 Å². The van der Waals surface area contributed by atoms with Gasteiger partial charge in [0.15, 0.2) is 5.84 Å². The van der Waals surface area contributed by atoms with Crippen LogP contribution in [-0.2, 0) is 0 Å². The minimum atomic E-state index is 0.164. The maximum Gasteiger partial charge on any atom is 0.172 e. The van der Waals surface area contributed by atoms with Gasteiger partial charge >= 0.3 is 0 Å². The summed E-state index contributed by atoms with van der Waals surface area (Å²) >= 11 is 3.48. The Morgan fingerprint density at radius 2 is 2.39 bits per heavy atom. The van der Waals surface area contributed by atoms with E-state index in [0.717, 1.165) is 34.7 Å². The molecule has 0 saturated carbocycles. The van der Waals surface area contributed by atoms with Crippen molar-refractivity contribution in [2.45, 2.75) is 19.8 Å². The Hall–Kier alpha value is -1.23. The highest BCUT2D eigenvalue weighted by Crippen LogP contribution is 2.30. The Bertz CT molecular complexity index is 462. The van der Waals surface area contributed by atoms with Crippen LogP contribution in [0.25, 0.3) is 0 Å². The molecule has 0 radical (unpaired) electrons. The van der Waals surface area contributed by atoms with Crippen LogP contribution in [0.1, 0.15) is 25.3 Å². The Balaban J connectivity index is 2.34. The third kappa shape index (κ3) is 2.61. The summed E-state index contributed by atoms with van der Waals surface area (Å²) in [5, 5.41) is 12.0. The summed E-state index contributed by atoms with van der Waals surface area (Å²) in [6.45, 7) is 4.29. The number of anilines is 1.